The molecular formula is C19H22ClNO3S. The first-order valence-corrected chi connectivity index (χ1v) is 10.4. The van der Waals surface area contributed by atoms with Crippen LogP contribution < -0.4 is 5.32 Å². The number of aryl methyl sites for hydroxylation is 2. The lowest BCUT2D eigenvalue weighted by molar-refractivity contribution is 0.102. The van der Waals surface area contributed by atoms with E-state index in [0.717, 1.165) is 23.8 Å². The first kappa shape index (κ1) is 19.5. The molecule has 134 valence electrons. The topological polar surface area (TPSA) is 63.2 Å². The lowest BCUT2D eigenvalue weighted by atomic mass is 10.0. The molecule has 0 heterocycles. The molecule has 0 unspecified atom stereocenters. The van der Waals surface area contributed by atoms with E-state index in [1.807, 2.05) is 26.0 Å². The highest BCUT2D eigenvalue weighted by molar-refractivity contribution is 7.90. The monoisotopic (exact) mass is 379 g/mol. The minimum Gasteiger partial charge on any atom is -0.321 e. The summed E-state index contributed by atoms with van der Waals surface area (Å²) in [4.78, 5) is 12.9. The molecule has 0 saturated carbocycles. The van der Waals surface area contributed by atoms with Crippen molar-refractivity contribution in [2.45, 2.75) is 38.5 Å². The highest BCUT2D eigenvalue weighted by atomic mass is 35.5. The molecule has 0 fully saturated rings. The summed E-state index contributed by atoms with van der Waals surface area (Å²) in [7, 11) is -3.38. The first-order valence-electron chi connectivity index (χ1n) is 8.11. The summed E-state index contributed by atoms with van der Waals surface area (Å²) < 4.78 is 23.5. The van der Waals surface area contributed by atoms with Gasteiger partial charge in [-0.15, -0.1) is 0 Å². The van der Waals surface area contributed by atoms with E-state index in [0.29, 0.717) is 28.3 Å². The number of nitrogens with one attached hydrogen (secondary N) is 1. The molecule has 0 saturated heterocycles. The van der Waals surface area contributed by atoms with E-state index in [4.69, 9.17) is 11.6 Å². The molecular weight excluding hydrogens is 358 g/mol. The number of rotatable bonds is 5. The Morgan fingerprint density at radius 3 is 2.36 bits per heavy atom. The summed E-state index contributed by atoms with van der Waals surface area (Å²) in [5, 5.41) is 3.55. The summed E-state index contributed by atoms with van der Waals surface area (Å²) in [5.41, 5.74) is 3.64. The number of amides is 1. The Kier molecular flexibility index (Phi) is 5.91. The fraction of sp³-hybridized carbons (Fsp3) is 0.316. The standard InChI is InChI=1S/C19H22ClNO3S/c1-5-13-8-10-17(20)15(6-2)18(13)21-19(22)16-11-14(25(4,23)24)9-7-12(16)3/h7-11H,5-6H2,1-4H3,(H,21,22). The van der Waals surface area contributed by atoms with E-state index in [1.165, 1.54) is 12.1 Å². The van der Waals surface area contributed by atoms with Crippen LogP contribution in [-0.2, 0) is 22.7 Å². The second-order valence-corrected chi connectivity index (χ2v) is 8.39. The van der Waals surface area contributed by atoms with Gasteiger partial charge in [0.05, 0.1) is 4.90 Å². The van der Waals surface area contributed by atoms with Gasteiger partial charge in [0.15, 0.2) is 9.84 Å². The van der Waals surface area contributed by atoms with E-state index in [1.54, 1.807) is 13.0 Å². The number of hydrogen-bond donors (Lipinski definition) is 1. The molecule has 2 aromatic rings. The predicted molar refractivity (Wildman–Crippen MR) is 102 cm³/mol. The number of sulfone groups is 1. The zero-order valence-electron chi connectivity index (χ0n) is 14.8. The molecule has 0 radical (unpaired) electrons. The summed E-state index contributed by atoms with van der Waals surface area (Å²) in [6.07, 6.45) is 2.56. The van der Waals surface area contributed by atoms with Gasteiger partial charge >= 0.3 is 0 Å². The normalized spacial score (nSPS) is 11.4. The van der Waals surface area contributed by atoms with E-state index in [9.17, 15) is 13.2 Å². The number of benzene rings is 2. The third kappa shape index (κ3) is 4.22. The second-order valence-electron chi connectivity index (χ2n) is 5.97. The minimum atomic E-state index is -3.38. The van der Waals surface area contributed by atoms with Gasteiger partial charge in [-0.25, -0.2) is 8.42 Å². The van der Waals surface area contributed by atoms with Crippen LogP contribution in [0.15, 0.2) is 35.2 Å². The van der Waals surface area contributed by atoms with Crippen molar-refractivity contribution < 1.29 is 13.2 Å². The van der Waals surface area contributed by atoms with E-state index >= 15 is 0 Å². The second kappa shape index (κ2) is 7.58. The van der Waals surface area contributed by atoms with Crippen molar-refractivity contribution in [1.29, 1.82) is 0 Å². The molecule has 0 aliphatic heterocycles. The van der Waals surface area contributed by atoms with Crippen molar-refractivity contribution in [2.24, 2.45) is 0 Å². The fourth-order valence-corrected chi connectivity index (χ4v) is 3.66. The number of carbonyl (C=O) groups excluding carboxylic acids is 1. The summed E-state index contributed by atoms with van der Waals surface area (Å²) in [5.74, 6) is -0.338. The number of hydrogen-bond acceptors (Lipinski definition) is 3. The van der Waals surface area contributed by atoms with Crippen molar-refractivity contribution in [2.75, 3.05) is 11.6 Å². The van der Waals surface area contributed by atoms with Crippen LogP contribution in [0.3, 0.4) is 0 Å². The Morgan fingerprint density at radius 2 is 1.80 bits per heavy atom. The molecule has 4 nitrogen and oxygen atoms in total. The molecule has 0 aliphatic rings. The third-order valence-corrected chi connectivity index (χ3v) is 5.66. The maximum absolute atomic E-state index is 12.8. The van der Waals surface area contributed by atoms with Crippen LogP contribution in [0.25, 0.3) is 0 Å². The van der Waals surface area contributed by atoms with Crippen molar-refractivity contribution in [3.63, 3.8) is 0 Å². The van der Waals surface area contributed by atoms with Crippen LogP contribution in [-0.4, -0.2) is 20.6 Å². The average Bonchev–Trinajstić information content (AvgIpc) is 2.54. The maximum atomic E-state index is 12.8. The van der Waals surface area contributed by atoms with Crippen LogP contribution in [0.4, 0.5) is 5.69 Å². The smallest absolute Gasteiger partial charge is 0.255 e. The van der Waals surface area contributed by atoms with Gasteiger partial charge in [-0.05, 0) is 54.7 Å². The van der Waals surface area contributed by atoms with Crippen LogP contribution in [0.1, 0.15) is 40.9 Å². The average molecular weight is 380 g/mol. The van der Waals surface area contributed by atoms with Crippen LogP contribution >= 0.6 is 11.6 Å². The number of carbonyl (C=O) groups is 1. The number of halogens is 1. The van der Waals surface area contributed by atoms with Gasteiger partial charge in [0, 0.05) is 22.5 Å². The Labute approximate surface area is 154 Å². The lowest BCUT2D eigenvalue weighted by Gasteiger charge is -2.17. The molecule has 6 heteroatoms. The van der Waals surface area contributed by atoms with Gasteiger partial charge in [0.1, 0.15) is 0 Å². The lowest BCUT2D eigenvalue weighted by Crippen LogP contribution is -2.17. The van der Waals surface area contributed by atoms with Crippen LogP contribution in [0, 0.1) is 6.92 Å². The molecule has 0 atom stereocenters. The van der Waals surface area contributed by atoms with E-state index in [-0.39, 0.29) is 10.8 Å². The van der Waals surface area contributed by atoms with E-state index < -0.39 is 9.84 Å². The third-order valence-electron chi connectivity index (χ3n) is 4.20. The molecule has 1 amide bonds. The molecule has 0 spiro atoms. The highest BCUT2D eigenvalue weighted by Gasteiger charge is 2.18. The SMILES string of the molecule is CCc1ccc(Cl)c(CC)c1NC(=O)c1cc(S(C)(=O)=O)ccc1C. The summed E-state index contributed by atoms with van der Waals surface area (Å²) >= 11 is 6.27. The Hall–Kier alpha value is -1.85. The van der Waals surface area contributed by atoms with Crippen LogP contribution in [0.2, 0.25) is 5.02 Å². The Bertz CT molecular complexity index is 921. The summed E-state index contributed by atoms with van der Waals surface area (Å²) in [6.45, 7) is 5.76. The molecule has 2 rings (SSSR count). The zero-order chi connectivity index (χ0) is 18.8. The van der Waals surface area contributed by atoms with Gasteiger partial charge in [0.2, 0.25) is 0 Å². The molecule has 25 heavy (non-hydrogen) atoms. The quantitative estimate of drug-likeness (QED) is 0.835. The van der Waals surface area contributed by atoms with Crippen molar-refractivity contribution in [1.82, 2.24) is 0 Å². The van der Waals surface area contributed by atoms with Crippen molar-refractivity contribution in [3.05, 3.63) is 57.6 Å². The van der Waals surface area contributed by atoms with Gasteiger partial charge in [-0.1, -0.05) is 37.6 Å². The Morgan fingerprint density at radius 1 is 1.12 bits per heavy atom. The van der Waals surface area contributed by atoms with Crippen molar-refractivity contribution >= 4 is 33.0 Å². The molecule has 2 aromatic carbocycles. The van der Waals surface area contributed by atoms with Gasteiger partial charge < -0.3 is 5.32 Å². The van der Waals surface area contributed by atoms with Gasteiger partial charge in [0.25, 0.3) is 5.91 Å². The maximum Gasteiger partial charge on any atom is 0.255 e. The van der Waals surface area contributed by atoms with Crippen molar-refractivity contribution in [3.8, 4) is 0 Å². The molecule has 0 aliphatic carbocycles. The minimum absolute atomic E-state index is 0.126. The molecule has 1 N–H and O–H groups in total. The number of anilines is 1. The van der Waals surface area contributed by atoms with E-state index in [2.05, 4.69) is 5.32 Å². The van der Waals surface area contributed by atoms with Gasteiger partial charge in [-0.3, -0.25) is 4.79 Å². The predicted octanol–water partition coefficient (Wildman–Crippen LogP) is 4.43. The van der Waals surface area contributed by atoms with Gasteiger partial charge in [-0.2, -0.15) is 0 Å². The zero-order valence-corrected chi connectivity index (χ0v) is 16.4. The molecule has 0 bridgehead atoms. The fourth-order valence-electron chi connectivity index (χ4n) is 2.72. The Balaban J connectivity index is 2.50. The first-order chi connectivity index (χ1) is 11.7. The molecule has 0 aromatic heterocycles. The van der Waals surface area contributed by atoms with Crippen LogP contribution in [0.5, 0.6) is 0 Å². The summed E-state index contributed by atoms with van der Waals surface area (Å²) in [6, 6.07) is 8.31. The highest BCUT2D eigenvalue weighted by Crippen LogP contribution is 2.30. The largest absolute Gasteiger partial charge is 0.321 e.